The number of hydrogen-bond donors (Lipinski definition) is 1. The number of esters is 1. The molecule has 76 valence electrons. The summed E-state index contributed by atoms with van der Waals surface area (Å²) in [5.74, 6) is -0.477. The quantitative estimate of drug-likeness (QED) is 0.416. The summed E-state index contributed by atoms with van der Waals surface area (Å²) < 4.78 is 5.12. The average Bonchev–Trinajstić information content (AvgIpc) is 2.18. The van der Waals surface area contributed by atoms with Crippen molar-refractivity contribution in [2.45, 2.75) is 51.2 Å². The van der Waals surface area contributed by atoms with Gasteiger partial charge in [0, 0.05) is 0 Å². The van der Waals surface area contributed by atoms with Gasteiger partial charge < -0.3 is 4.74 Å². The summed E-state index contributed by atoms with van der Waals surface area (Å²) in [6.07, 6.45) is 4.48. The van der Waals surface area contributed by atoms with E-state index in [0.29, 0.717) is 0 Å². The van der Waals surface area contributed by atoms with E-state index in [1.807, 2.05) is 0 Å². The van der Waals surface area contributed by atoms with Gasteiger partial charge in [-0.2, -0.15) is 0 Å². The van der Waals surface area contributed by atoms with E-state index in [1.54, 1.807) is 0 Å². The topological polar surface area (TPSA) is 55.8 Å². The van der Waals surface area contributed by atoms with Crippen LogP contribution in [0.2, 0.25) is 0 Å². The Balaban J connectivity index is 2.26. The van der Waals surface area contributed by atoms with Gasteiger partial charge in [-0.25, -0.2) is 9.68 Å². The lowest BCUT2D eigenvalue weighted by Crippen LogP contribution is -2.28. The molecule has 1 N–H and O–H groups in total. The molecule has 0 aliphatic heterocycles. The maximum Gasteiger partial charge on any atom is 0.338 e. The lowest BCUT2D eigenvalue weighted by Gasteiger charge is -2.22. The Morgan fingerprint density at radius 1 is 1.38 bits per heavy atom. The summed E-state index contributed by atoms with van der Waals surface area (Å²) in [6, 6.07) is 0. The van der Waals surface area contributed by atoms with Crippen LogP contribution in [0.25, 0.3) is 0 Å². The van der Waals surface area contributed by atoms with Gasteiger partial charge in [0.05, 0.1) is 0 Å². The third-order valence-electron chi connectivity index (χ3n) is 2.33. The highest BCUT2D eigenvalue weighted by Crippen LogP contribution is 2.20. The minimum atomic E-state index is -0.873. The van der Waals surface area contributed by atoms with Crippen molar-refractivity contribution in [2.24, 2.45) is 0 Å². The molecule has 1 fully saturated rings. The first-order valence-corrected chi connectivity index (χ1v) is 4.74. The first-order chi connectivity index (χ1) is 6.24. The molecule has 0 aromatic rings. The fourth-order valence-corrected chi connectivity index (χ4v) is 1.49. The molecule has 1 atom stereocenters. The van der Waals surface area contributed by atoms with Crippen LogP contribution in [-0.4, -0.2) is 23.4 Å². The molecule has 0 saturated heterocycles. The van der Waals surface area contributed by atoms with E-state index in [-0.39, 0.29) is 6.10 Å². The predicted molar refractivity (Wildman–Crippen MR) is 46.1 cm³/mol. The van der Waals surface area contributed by atoms with Crippen molar-refractivity contribution in [3.63, 3.8) is 0 Å². The molecular formula is C9H16O4. The maximum atomic E-state index is 11.1. The smallest absolute Gasteiger partial charge is 0.338 e. The molecule has 0 aromatic heterocycles. The number of carbonyl (C=O) groups excluding carboxylic acids is 1. The Hall–Kier alpha value is -0.610. The lowest BCUT2D eigenvalue weighted by molar-refractivity contribution is -0.275. The Morgan fingerprint density at radius 2 is 2.00 bits per heavy atom. The minimum Gasteiger partial charge on any atom is -0.460 e. The molecule has 0 spiro atoms. The molecule has 0 bridgehead atoms. The molecule has 0 amide bonds. The lowest BCUT2D eigenvalue weighted by atomic mass is 9.98. The second kappa shape index (κ2) is 5.19. The van der Waals surface area contributed by atoms with Crippen LogP contribution in [0.15, 0.2) is 0 Å². The van der Waals surface area contributed by atoms with Crippen molar-refractivity contribution in [1.29, 1.82) is 0 Å². The molecule has 1 unspecified atom stereocenters. The highest BCUT2D eigenvalue weighted by Gasteiger charge is 2.21. The van der Waals surface area contributed by atoms with Crippen molar-refractivity contribution < 1.29 is 19.7 Å². The zero-order valence-corrected chi connectivity index (χ0v) is 7.86. The van der Waals surface area contributed by atoms with Crippen LogP contribution >= 0.6 is 0 Å². The van der Waals surface area contributed by atoms with Crippen LogP contribution < -0.4 is 0 Å². The zero-order chi connectivity index (χ0) is 9.68. The summed E-state index contributed by atoms with van der Waals surface area (Å²) in [5, 5.41) is 8.23. The Kier molecular flexibility index (Phi) is 4.18. The van der Waals surface area contributed by atoms with Crippen molar-refractivity contribution in [1.82, 2.24) is 0 Å². The fourth-order valence-electron chi connectivity index (χ4n) is 1.49. The monoisotopic (exact) mass is 188 g/mol. The summed E-state index contributed by atoms with van der Waals surface area (Å²) in [4.78, 5) is 15.0. The average molecular weight is 188 g/mol. The molecule has 0 aromatic carbocycles. The molecule has 4 heteroatoms. The van der Waals surface area contributed by atoms with E-state index in [1.165, 1.54) is 13.3 Å². The van der Waals surface area contributed by atoms with E-state index >= 15 is 0 Å². The Labute approximate surface area is 77.8 Å². The van der Waals surface area contributed by atoms with Crippen molar-refractivity contribution in [3.05, 3.63) is 0 Å². The Morgan fingerprint density at radius 3 is 2.54 bits per heavy atom. The van der Waals surface area contributed by atoms with Crippen molar-refractivity contribution in [2.75, 3.05) is 0 Å². The van der Waals surface area contributed by atoms with E-state index in [0.717, 1.165) is 25.7 Å². The predicted octanol–water partition coefficient (Wildman–Crippen LogP) is 1.74. The first kappa shape index (κ1) is 10.5. The van der Waals surface area contributed by atoms with E-state index < -0.39 is 12.1 Å². The largest absolute Gasteiger partial charge is 0.460 e. The van der Waals surface area contributed by atoms with Crippen LogP contribution in [0.3, 0.4) is 0 Å². The van der Waals surface area contributed by atoms with Gasteiger partial charge in [0.2, 0.25) is 0 Å². The van der Waals surface area contributed by atoms with Crippen LogP contribution in [0.4, 0.5) is 0 Å². The molecule has 1 aliphatic carbocycles. The summed E-state index contributed by atoms with van der Waals surface area (Å²) in [5.41, 5.74) is 0. The van der Waals surface area contributed by atoms with Gasteiger partial charge in [0.25, 0.3) is 0 Å². The van der Waals surface area contributed by atoms with E-state index in [9.17, 15) is 4.79 Å². The molecule has 1 rings (SSSR count). The van der Waals surface area contributed by atoms with Gasteiger partial charge in [-0.15, -0.1) is 0 Å². The van der Waals surface area contributed by atoms with Crippen molar-refractivity contribution in [3.8, 4) is 0 Å². The number of carbonyl (C=O) groups is 1. The van der Waals surface area contributed by atoms with E-state index in [4.69, 9.17) is 9.99 Å². The SMILES string of the molecule is CC(OO)C(=O)OC1CCCCC1. The van der Waals surface area contributed by atoms with Gasteiger partial charge in [-0.1, -0.05) is 6.42 Å². The molecule has 1 saturated carbocycles. The first-order valence-electron chi connectivity index (χ1n) is 4.74. The molecule has 0 radical (unpaired) electrons. The van der Waals surface area contributed by atoms with Crippen molar-refractivity contribution >= 4 is 5.97 Å². The maximum absolute atomic E-state index is 11.1. The number of hydrogen-bond acceptors (Lipinski definition) is 4. The fraction of sp³-hybridized carbons (Fsp3) is 0.889. The third-order valence-corrected chi connectivity index (χ3v) is 2.33. The normalized spacial score (nSPS) is 21.1. The summed E-state index contributed by atoms with van der Waals surface area (Å²) in [6.45, 7) is 1.46. The highest BCUT2D eigenvalue weighted by molar-refractivity contribution is 5.74. The van der Waals surface area contributed by atoms with Gasteiger partial charge in [0.1, 0.15) is 6.10 Å². The molecule has 4 nitrogen and oxygen atoms in total. The van der Waals surface area contributed by atoms with E-state index in [2.05, 4.69) is 4.89 Å². The zero-order valence-electron chi connectivity index (χ0n) is 7.86. The molecule has 13 heavy (non-hydrogen) atoms. The molecular weight excluding hydrogens is 172 g/mol. The van der Waals surface area contributed by atoms with Gasteiger partial charge >= 0.3 is 5.97 Å². The number of ether oxygens (including phenoxy) is 1. The summed E-state index contributed by atoms with van der Waals surface area (Å²) >= 11 is 0. The van der Waals surface area contributed by atoms with Crippen LogP contribution in [0, 0.1) is 0 Å². The van der Waals surface area contributed by atoms with Gasteiger partial charge in [-0.05, 0) is 32.6 Å². The van der Waals surface area contributed by atoms with Crippen LogP contribution in [-0.2, 0) is 14.4 Å². The van der Waals surface area contributed by atoms with Crippen LogP contribution in [0.1, 0.15) is 39.0 Å². The second-order valence-corrected chi connectivity index (χ2v) is 3.44. The van der Waals surface area contributed by atoms with Gasteiger partial charge in [0.15, 0.2) is 6.10 Å². The standard InChI is InChI=1S/C9H16O4/c1-7(13-11)9(10)12-8-5-3-2-4-6-8/h7-8,11H,2-6H2,1H3. The summed E-state index contributed by atoms with van der Waals surface area (Å²) in [7, 11) is 0. The third kappa shape index (κ3) is 3.32. The molecule has 1 aliphatic rings. The second-order valence-electron chi connectivity index (χ2n) is 3.44. The molecule has 0 heterocycles. The minimum absolute atomic E-state index is 0.0267. The van der Waals surface area contributed by atoms with Crippen LogP contribution in [0.5, 0.6) is 0 Å². The Bertz CT molecular complexity index is 163. The number of rotatable bonds is 3. The highest BCUT2D eigenvalue weighted by atomic mass is 17.1. The van der Waals surface area contributed by atoms with Gasteiger partial charge in [-0.3, -0.25) is 5.26 Å².